The van der Waals surface area contributed by atoms with E-state index in [2.05, 4.69) is 19.1 Å². The van der Waals surface area contributed by atoms with E-state index in [1.54, 1.807) is 23.4 Å². The van der Waals surface area contributed by atoms with Gasteiger partial charge in [0.25, 0.3) is 5.56 Å². The average Bonchev–Trinajstić information content (AvgIpc) is 2.73. The number of hydrogen-bond donors (Lipinski definition) is 0. The molecule has 4 nitrogen and oxygen atoms in total. The highest BCUT2D eigenvalue weighted by molar-refractivity contribution is 7.98. The van der Waals surface area contributed by atoms with Gasteiger partial charge in [-0.1, -0.05) is 48.2 Å². The molecule has 0 spiro atoms. The molecule has 0 unspecified atom stereocenters. The zero-order valence-electron chi connectivity index (χ0n) is 15.8. The third-order valence-electron chi connectivity index (χ3n) is 4.69. The molecule has 28 heavy (non-hydrogen) atoms. The third-order valence-corrected chi connectivity index (χ3v) is 5.68. The van der Waals surface area contributed by atoms with Crippen LogP contribution in [0.5, 0.6) is 5.75 Å². The van der Waals surface area contributed by atoms with E-state index in [4.69, 9.17) is 9.72 Å². The SMILES string of the molecule is COc1ccc(-n2c(SCc3ccccc3C)nc3ccccc3c2=O)cc1. The largest absolute Gasteiger partial charge is 0.497 e. The molecular weight excluding hydrogens is 368 g/mol. The lowest BCUT2D eigenvalue weighted by atomic mass is 10.1. The first-order valence-corrected chi connectivity index (χ1v) is 9.99. The Morgan fingerprint density at radius 2 is 1.68 bits per heavy atom. The molecule has 4 aromatic rings. The molecule has 0 saturated carbocycles. The number of thioether (sulfide) groups is 1. The number of hydrogen-bond acceptors (Lipinski definition) is 4. The van der Waals surface area contributed by atoms with Gasteiger partial charge in [0.15, 0.2) is 5.16 Å². The highest BCUT2D eigenvalue weighted by atomic mass is 32.2. The molecule has 1 heterocycles. The van der Waals surface area contributed by atoms with Crippen LogP contribution >= 0.6 is 11.8 Å². The summed E-state index contributed by atoms with van der Waals surface area (Å²) in [5.41, 5.74) is 3.88. The predicted molar refractivity (Wildman–Crippen MR) is 115 cm³/mol. The highest BCUT2D eigenvalue weighted by Crippen LogP contribution is 2.26. The molecule has 1 aromatic heterocycles. The highest BCUT2D eigenvalue weighted by Gasteiger charge is 2.14. The zero-order valence-corrected chi connectivity index (χ0v) is 16.6. The van der Waals surface area contributed by atoms with Crippen LogP contribution in [0.4, 0.5) is 0 Å². The van der Waals surface area contributed by atoms with E-state index in [1.807, 2.05) is 60.7 Å². The second-order valence-electron chi connectivity index (χ2n) is 6.47. The summed E-state index contributed by atoms with van der Waals surface area (Å²) in [4.78, 5) is 18.1. The van der Waals surface area contributed by atoms with Gasteiger partial charge in [0.2, 0.25) is 0 Å². The summed E-state index contributed by atoms with van der Waals surface area (Å²) in [6.07, 6.45) is 0. The van der Waals surface area contributed by atoms with Crippen LogP contribution < -0.4 is 10.3 Å². The van der Waals surface area contributed by atoms with Gasteiger partial charge in [0.1, 0.15) is 5.75 Å². The van der Waals surface area contributed by atoms with Crippen molar-refractivity contribution in [3.63, 3.8) is 0 Å². The molecule has 0 fully saturated rings. The molecule has 3 aromatic carbocycles. The van der Waals surface area contributed by atoms with Crippen LogP contribution in [0.25, 0.3) is 16.6 Å². The smallest absolute Gasteiger partial charge is 0.266 e. The fourth-order valence-corrected chi connectivity index (χ4v) is 4.17. The molecule has 0 aliphatic carbocycles. The molecule has 0 bridgehead atoms. The van der Waals surface area contributed by atoms with Crippen molar-refractivity contribution in [3.05, 3.63) is 94.3 Å². The second-order valence-corrected chi connectivity index (χ2v) is 7.41. The second kappa shape index (κ2) is 7.90. The Morgan fingerprint density at radius 1 is 0.964 bits per heavy atom. The monoisotopic (exact) mass is 388 g/mol. The van der Waals surface area contributed by atoms with Crippen molar-refractivity contribution in [2.24, 2.45) is 0 Å². The van der Waals surface area contributed by atoms with Gasteiger partial charge in [-0.05, 0) is 54.4 Å². The van der Waals surface area contributed by atoms with Crippen molar-refractivity contribution < 1.29 is 4.74 Å². The first-order valence-electron chi connectivity index (χ1n) is 9.01. The van der Waals surface area contributed by atoms with Crippen LogP contribution in [0.2, 0.25) is 0 Å². The summed E-state index contributed by atoms with van der Waals surface area (Å²) in [6.45, 7) is 2.10. The van der Waals surface area contributed by atoms with E-state index in [0.29, 0.717) is 16.1 Å². The van der Waals surface area contributed by atoms with Crippen molar-refractivity contribution in [2.75, 3.05) is 7.11 Å². The maximum Gasteiger partial charge on any atom is 0.266 e. The maximum absolute atomic E-state index is 13.3. The van der Waals surface area contributed by atoms with Crippen molar-refractivity contribution in [1.82, 2.24) is 9.55 Å². The van der Waals surface area contributed by atoms with Crippen molar-refractivity contribution in [3.8, 4) is 11.4 Å². The standard InChI is InChI=1S/C23H20N2O2S/c1-16-7-3-4-8-17(16)15-28-23-24-21-10-6-5-9-20(21)22(26)25(23)18-11-13-19(27-2)14-12-18/h3-14H,15H2,1-2H3. The summed E-state index contributed by atoms with van der Waals surface area (Å²) in [7, 11) is 1.63. The Morgan fingerprint density at radius 3 is 2.43 bits per heavy atom. The molecule has 5 heteroatoms. The Kier molecular flexibility index (Phi) is 5.17. The molecule has 0 atom stereocenters. The van der Waals surface area contributed by atoms with Gasteiger partial charge in [-0.3, -0.25) is 9.36 Å². The fraction of sp³-hybridized carbons (Fsp3) is 0.130. The lowest BCUT2D eigenvalue weighted by molar-refractivity contribution is 0.414. The Balaban J connectivity index is 1.83. The Hall–Kier alpha value is -3.05. The molecule has 0 amide bonds. The van der Waals surface area contributed by atoms with Gasteiger partial charge in [-0.15, -0.1) is 0 Å². The van der Waals surface area contributed by atoms with E-state index in [1.165, 1.54) is 11.1 Å². The van der Waals surface area contributed by atoms with E-state index in [9.17, 15) is 4.79 Å². The van der Waals surface area contributed by atoms with Crippen LogP contribution in [0, 0.1) is 6.92 Å². The molecule has 140 valence electrons. The predicted octanol–water partition coefficient (Wildman–Crippen LogP) is 5.00. The minimum atomic E-state index is -0.0666. The van der Waals surface area contributed by atoms with Gasteiger partial charge >= 0.3 is 0 Å². The lowest BCUT2D eigenvalue weighted by Crippen LogP contribution is -2.21. The van der Waals surface area contributed by atoms with Crippen molar-refractivity contribution in [1.29, 1.82) is 0 Å². The first kappa shape index (κ1) is 18.3. The van der Waals surface area contributed by atoms with Crippen LogP contribution in [0.15, 0.2) is 82.7 Å². The van der Waals surface area contributed by atoms with E-state index < -0.39 is 0 Å². The Labute approximate surface area is 167 Å². The van der Waals surface area contributed by atoms with Crippen LogP contribution in [-0.4, -0.2) is 16.7 Å². The van der Waals surface area contributed by atoms with Gasteiger partial charge in [0, 0.05) is 5.75 Å². The summed E-state index contributed by atoms with van der Waals surface area (Å²) in [6, 6.07) is 23.2. The number of para-hydroxylation sites is 1. The van der Waals surface area contributed by atoms with Gasteiger partial charge in [-0.2, -0.15) is 0 Å². The van der Waals surface area contributed by atoms with E-state index in [-0.39, 0.29) is 5.56 Å². The third kappa shape index (κ3) is 3.53. The zero-order chi connectivity index (χ0) is 19.5. The first-order chi connectivity index (χ1) is 13.7. The number of benzene rings is 3. The molecule has 0 N–H and O–H groups in total. The maximum atomic E-state index is 13.3. The normalized spacial score (nSPS) is 10.9. The van der Waals surface area contributed by atoms with Crippen LogP contribution in [-0.2, 0) is 5.75 Å². The van der Waals surface area contributed by atoms with Crippen LogP contribution in [0.3, 0.4) is 0 Å². The summed E-state index contributed by atoms with van der Waals surface area (Å²) in [5, 5.41) is 1.29. The number of aromatic nitrogens is 2. The minimum Gasteiger partial charge on any atom is -0.497 e. The minimum absolute atomic E-state index is 0.0666. The van der Waals surface area contributed by atoms with Crippen molar-refractivity contribution in [2.45, 2.75) is 17.8 Å². The quantitative estimate of drug-likeness (QED) is 0.357. The molecule has 4 rings (SSSR count). The topological polar surface area (TPSA) is 44.1 Å². The number of rotatable bonds is 5. The van der Waals surface area contributed by atoms with Gasteiger partial charge < -0.3 is 4.74 Å². The summed E-state index contributed by atoms with van der Waals surface area (Å²) >= 11 is 1.57. The molecule has 0 saturated heterocycles. The number of nitrogens with zero attached hydrogens (tertiary/aromatic N) is 2. The number of aryl methyl sites for hydroxylation is 1. The summed E-state index contributed by atoms with van der Waals surface area (Å²) < 4.78 is 6.93. The molecule has 0 radical (unpaired) electrons. The fourth-order valence-electron chi connectivity index (χ4n) is 3.08. The molecular formula is C23H20N2O2S. The number of ether oxygens (including phenoxy) is 1. The Bertz CT molecular complexity index is 1180. The number of fused-ring (bicyclic) bond motifs is 1. The van der Waals surface area contributed by atoms with Gasteiger partial charge in [0.05, 0.1) is 23.7 Å². The molecule has 0 aliphatic heterocycles. The van der Waals surface area contributed by atoms with E-state index in [0.717, 1.165) is 17.2 Å². The summed E-state index contributed by atoms with van der Waals surface area (Å²) in [5.74, 6) is 1.49. The lowest BCUT2D eigenvalue weighted by Gasteiger charge is -2.14. The van der Waals surface area contributed by atoms with Crippen LogP contribution in [0.1, 0.15) is 11.1 Å². The average molecular weight is 388 g/mol. The van der Waals surface area contributed by atoms with E-state index >= 15 is 0 Å². The number of methoxy groups -OCH3 is 1. The molecule has 0 aliphatic rings. The van der Waals surface area contributed by atoms with Crippen molar-refractivity contribution >= 4 is 22.7 Å². The van der Waals surface area contributed by atoms with Gasteiger partial charge in [-0.25, -0.2) is 4.98 Å².